The zero-order valence-corrected chi connectivity index (χ0v) is 13.4. The molecular weight excluding hydrogens is 311 g/mol. The molecular formula is C18H19FN2O3. The van der Waals surface area contributed by atoms with Gasteiger partial charge in [-0.1, -0.05) is 12.1 Å². The summed E-state index contributed by atoms with van der Waals surface area (Å²) in [5, 5.41) is 0. The van der Waals surface area contributed by atoms with Crippen LogP contribution in [-0.4, -0.2) is 35.0 Å². The van der Waals surface area contributed by atoms with Crippen LogP contribution in [0.2, 0.25) is 0 Å². The molecule has 126 valence electrons. The van der Waals surface area contributed by atoms with Gasteiger partial charge in [0.05, 0.1) is 5.69 Å². The molecule has 0 spiro atoms. The van der Waals surface area contributed by atoms with E-state index in [1.807, 2.05) is 0 Å². The van der Waals surface area contributed by atoms with Gasteiger partial charge in [-0.15, -0.1) is 0 Å². The highest BCUT2D eigenvalue weighted by Gasteiger charge is 2.46. The second kappa shape index (κ2) is 5.92. The number of benzene rings is 1. The van der Waals surface area contributed by atoms with E-state index in [0.29, 0.717) is 36.2 Å². The van der Waals surface area contributed by atoms with Gasteiger partial charge >= 0.3 is 0 Å². The van der Waals surface area contributed by atoms with Gasteiger partial charge in [0.2, 0.25) is 5.76 Å². The van der Waals surface area contributed by atoms with Crippen LogP contribution in [-0.2, 0) is 0 Å². The summed E-state index contributed by atoms with van der Waals surface area (Å²) in [6, 6.07) is 6.47. The summed E-state index contributed by atoms with van der Waals surface area (Å²) in [7, 11) is 0. The number of nitrogens with zero attached hydrogens (tertiary/aromatic N) is 2. The van der Waals surface area contributed by atoms with Crippen molar-refractivity contribution in [3.8, 4) is 5.75 Å². The van der Waals surface area contributed by atoms with Crippen LogP contribution in [0.5, 0.6) is 5.75 Å². The molecule has 3 atom stereocenters. The van der Waals surface area contributed by atoms with Gasteiger partial charge in [0.1, 0.15) is 6.10 Å². The van der Waals surface area contributed by atoms with E-state index in [-0.39, 0.29) is 23.7 Å². The molecule has 4 rings (SSSR count). The normalized spacial score (nSPS) is 25.8. The van der Waals surface area contributed by atoms with Crippen LogP contribution in [0.25, 0.3) is 0 Å². The van der Waals surface area contributed by atoms with Crippen LogP contribution in [0.3, 0.4) is 0 Å². The number of hydrogen-bond donors (Lipinski definition) is 0. The number of para-hydroxylation sites is 1. The molecule has 24 heavy (non-hydrogen) atoms. The number of carbonyl (C=O) groups is 1. The fourth-order valence-corrected chi connectivity index (χ4v) is 3.88. The predicted octanol–water partition coefficient (Wildman–Crippen LogP) is 3.05. The maximum absolute atomic E-state index is 13.8. The monoisotopic (exact) mass is 330 g/mol. The van der Waals surface area contributed by atoms with Gasteiger partial charge in [0.25, 0.3) is 5.91 Å². The van der Waals surface area contributed by atoms with E-state index in [2.05, 4.69) is 4.98 Å². The van der Waals surface area contributed by atoms with Crippen LogP contribution in [0, 0.1) is 24.6 Å². The van der Waals surface area contributed by atoms with Gasteiger partial charge < -0.3 is 14.1 Å². The number of ether oxygens (including phenoxy) is 1. The van der Waals surface area contributed by atoms with E-state index >= 15 is 0 Å². The summed E-state index contributed by atoms with van der Waals surface area (Å²) < 4.78 is 24.9. The van der Waals surface area contributed by atoms with Crippen molar-refractivity contribution in [3.63, 3.8) is 0 Å². The van der Waals surface area contributed by atoms with Crippen LogP contribution in [0.15, 0.2) is 35.1 Å². The molecule has 1 saturated heterocycles. The standard InChI is InChI=1S/C18H19FN2O3/c1-11-17(23-10-20-11)18(22)21-8-12-6-7-15(13(12)9-21)24-16-5-3-2-4-14(16)19/h2-5,10,12-13,15H,6-9H2,1H3/t12-,13+,15-/m0/s1. The minimum Gasteiger partial charge on any atom is -0.487 e. The number of halogens is 1. The van der Waals surface area contributed by atoms with Crippen molar-refractivity contribution < 1.29 is 18.3 Å². The molecule has 1 aliphatic heterocycles. The predicted molar refractivity (Wildman–Crippen MR) is 84.2 cm³/mol. The van der Waals surface area contributed by atoms with Gasteiger partial charge in [-0.05, 0) is 37.8 Å². The van der Waals surface area contributed by atoms with E-state index in [0.717, 1.165) is 12.8 Å². The van der Waals surface area contributed by atoms with Crippen molar-refractivity contribution in [2.45, 2.75) is 25.9 Å². The van der Waals surface area contributed by atoms with Crippen molar-refractivity contribution in [3.05, 3.63) is 47.9 Å². The van der Waals surface area contributed by atoms with Crippen molar-refractivity contribution in [2.24, 2.45) is 11.8 Å². The number of likely N-dealkylation sites (tertiary alicyclic amines) is 1. The SMILES string of the molecule is Cc1ncoc1C(=O)N1C[C@@H]2CC[C@H](Oc3ccccc3F)[C@@H]2C1. The molecule has 1 aromatic heterocycles. The topological polar surface area (TPSA) is 55.6 Å². The Hall–Kier alpha value is -2.37. The van der Waals surface area contributed by atoms with E-state index in [1.54, 1.807) is 30.0 Å². The Morgan fingerprint density at radius 1 is 1.33 bits per heavy atom. The fourth-order valence-electron chi connectivity index (χ4n) is 3.88. The van der Waals surface area contributed by atoms with Crippen LogP contribution in [0.4, 0.5) is 4.39 Å². The first-order valence-electron chi connectivity index (χ1n) is 8.24. The number of oxazole rings is 1. The number of aromatic nitrogens is 1. The van der Waals surface area contributed by atoms with E-state index in [4.69, 9.17) is 9.15 Å². The fraction of sp³-hybridized carbons (Fsp3) is 0.444. The molecule has 5 nitrogen and oxygen atoms in total. The number of hydrogen-bond acceptors (Lipinski definition) is 4. The third kappa shape index (κ3) is 2.56. The number of fused-ring (bicyclic) bond motifs is 1. The highest BCUT2D eigenvalue weighted by Crippen LogP contribution is 2.41. The third-order valence-electron chi connectivity index (χ3n) is 5.13. The summed E-state index contributed by atoms with van der Waals surface area (Å²) in [5.74, 6) is 0.763. The number of aryl methyl sites for hydroxylation is 1. The third-order valence-corrected chi connectivity index (χ3v) is 5.13. The zero-order chi connectivity index (χ0) is 16.7. The molecule has 1 aromatic carbocycles. The number of carbonyl (C=O) groups excluding carboxylic acids is 1. The molecule has 6 heteroatoms. The number of rotatable bonds is 3. The molecule has 0 unspecified atom stereocenters. The Bertz CT molecular complexity index is 760. The molecule has 2 aliphatic rings. The first kappa shape index (κ1) is 15.2. The van der Waals surface area contributed by atoms with Crippen LogP contribution >= 0.6 is 0 Å². The molecule has 0 radical (unpaired) electrons. The van der Waals surface area contributed by atoms with Gasteiger partial charge in [-0.3, -0.25) is 4.79 Å². The minimum absolute atomic E-state index is 0.0551. The first-order chi connectivity index (χ1) is 11.6. The molecule has 0 bridgehead atoms. The summed E-state index contributed by atoms with van der Waals surface area (Å²) in [6.45, 7) is 3.07. The van der Waals surface area contributed by atoms with Gasteiger partial charge in [0.15, 0.2) is 18.0 Å². The lowest BCUT2D eigenvalue weighted by Gasteiger charge is -2.22. The maximum atomic E-state index is 13.8. The largest absolute Gasteiger partial charge is 0.487 e. The maximum Gasteiger partial charge on any atom is 0.291 e. The second-order valence-corrected chi connectivity index (χ2v) is 6.57. The summed E-state index contributed by atoms with van der Waals surface area (Å²) >= 11 is 0. The van der Waals surface area contributed by atoms with Gasteiger partial charge in [0, 0.05) is 19.0 Å². The Balaban J connectivity index is 1.46. The van der Waals surface area contributed by atoms with Crippen molar-refractivity contribution in [1.82, 2.24) is 9.88 Å². The van der Waals surface area contributed by atoms with Crippen molar-refractivity contribution in [2.75, 3.05) is 13.1 Å². The Labute approximate surface area is 139 Å². The van der Waals surface area contributed by atoms with E-state index in [1.165, 1.54) is 12.5 Å². The van der Waals surface area contributed by atoms with Crippen LogP contribution < -0.4 is 4.74 Å². The Morgan fingerprint density at radius 3 is 2.92 bits per heavy atom. The quantitative estimate of drug-likeness (QED) is 0.868. The minimum atomic E-state index is -0.343. The first-order valence-corrected chi connectivity index (χ1v) is 8.24. The lowest BCUT2D eigenvalue weighted by atomic mass is 9.99. The molecule has 2 aromatic rings. The average molecular weight is 330 g/mol. The highest BCUT2D eigenvalue weighted by molar-refractivity contribution is 5.92. The summed E-state index contributed by atoms with van der Waals surface area (Å²) in [4.78, 5) is 18.4. The lowest BCUT2D eigenvalue weighted by Crippen LogP contribution is -2.32. The average Bonchev–Trinajstić information content (AvgIpc) is 3.26. The van der Waals surface area contributed by atoms with E-state index in [9.17, 15) is 9.18 Å². The molecule has 1 amide bonds. The van der Waals surface area contributed by atoms with Crippen LogP contribution in [0.1, 0.15) is 29.1 Å². The van der Waals surface area contributed by atoms with Crippen molar-refractivity contribution in [1.29, 1.82) is 0 Å². The Morgan fingerprint density at radius 2 is 2.17 bits per heavy atom. The second-order valence-electron chi connectivity index (χ2n) is 6.57. The lowest BCUT2D eigenvalue weighted by molar-refractivity contribution is 0.0729. The highest BCUT2D eigenvalue weighted by atomic mass is 19.1. The Kier molecular flexibility index (Phi) is 3.75. The van der Waals surface area contributed by atoms with E-state index < -0.39 is 0 Å². The molecule has 0 N–H and O–H groups in total. The molecule has 1 aliphatic carbocycles. The van der Waals surface area contributed by atoms with Crippen molar-refractivity contribution >= 4 is 5.91 Å². The molecule has 2 fully saturated rings. The smallest absolute Gasteiger partial charge is 0.291 e. The molecule has 2 heterocycles. The zero-order valence-electron chi connectivity index (χ0n) is 13.4. The molecule has 1 saturated carbocycles. The van der Waals surface area contributed by atoms with Gasteiger partial charge in [-0.2, -0.15) is 0 Å². The summed E-state index contributed by atoms with van der Waals surface area (Å²) in [6.07, 6.45) is 3.13. The number of amides is 1. The summed E-state index contributed by atoms with van der Waals surface area (Å²) in [5.41, 5.74) is 0.608. The van der Waals surface area contributed by atoms with Gasteiger partial charge in [-0.25, -0.2) is 9.37 Å².